The SMILES string of the molecule is N#C[C@H]1[C@H](c2ccc(C#CC3(O)CCCC3)cc2)[C@H](CO)N1C(=O)C1CC1. The number of carbonyl (C=O) groups excluding carboxylic acids is 1. The number of carbonyl (C=O) groups is 1. The van der Waals surface area contributed by atoms with Crippen molar-refractivity contribution in [1.82, 2.24) is 4.90 Å². The summed E-state index contributed by atoms with van der Waals surface area (Å²) in [5.74, 6) is 5.91. The summed E-state index contributed by atoms with van der Waals surface area (Å²) in [5, 5.41) is 29.7. The first-order chi connectivity index (χ1) is 13.1. The quantitative estimate of drug-likeness (QED) is 0.803. The van der Waals surface area contributed by atoms with Crippen molar-refractivity contribution < 1.29 is 15.0 Å². The van der Waals surface area contributed by atoms with E-state index in [4.69, 9.17) is 0 Å². The maximum atomic E-state index is 12.4. The lowest BCUT2D eigenvalue weighted by molar-refractivity contribution is -0.148. The number of amides is 1. The van der Waals surface area contributed by atoms with Gasteiger partial charge in [0.25, 0.3) is 0 Å². The summed E-state index contributed by atoms with van der Waals surface area (Å²) in [6.45, 7) is -0.143. The number of nitriles is 1. The topological polar surface area (TPSA) is 84.6 Å². The first-order valence-corrected chi connectivity index (χ1v) is 9.74. The van der Waals surface area contributed by atoms with Crippen molar-refractivity contribution in [2.75, 3.05) is 6.61 Å². The van der Waals surface area contributed by atoms with Crippen molar-refractivity contribution in [2.45, 2.75) is 62.1 Å². The maximum Gasteiger partial charge on any atom is 0.227 e. The number of hydrogen-bond acceptors (Lipinski definition) is 4. The molecule has 0 bridgehead atoms. The molecule has 0 spiro atoms. The molecule has 1 saturated heterocycles. The minimum Gasteiger partial charge on any atom is -0.394 e. The molecule has 3 atom stereocenters. The van der Waals surface area contributed by atoms with E-state index in [9.17, 15) is 20.3 Å². The zero-order chi connectivity index (χ0) is 19.0. The Labute approximate surface area is 159 Å². The van der Waals surface area contributed by atoms with Crippen LogP contribution in [0.15, 0.2) is 24.3 Å². The molecule has 1 aliphatic heterocycles. The minimum atomic E-state index is -0.857. The molecule has 27 heavy (non-hydrogen) atoms. The van der Waals surface area contributed by atoms with Gasteiger partial charge in [-0.25, -0.2) is 0 Å². The van der Waals surface area contributed by atoms with Crippen molar-refractivity contribution in [2.24, 2.45) is 5.92 Å². The lowest BCUT2D eigenvalue weighted by atomic mass is 9.75. The predicted molar refractivity (Wildman–Crippen MR) is 99.3 cm³/mol. The van der Waals surface area contributed by atoms with Crippen molar-refractivity contribution in [1.29, 1.82) is 5.26 Å². The van der Waals surface area contributed by atoms with Crippen LogP contribution in [0.3, 0.4) is 0 Å². The van der Waals surface area contributed by atoms with Crippen molar-refractivity contribution in [3.63, 3.8) is 0 Å². The van der Waals surface area contributed by atoms with Gasteiger partial charge in [-0.3, -0.25) is 4.79 Å². The van der Waals surface area contributed by atoms with Gasteiger partial charge < -0.3 is 15.1 Å². The lowest BCUT2D eigenvalue weighted by Gasteiger charge is -2.51. The highest BCUT2D eigenvalue weighted by Gasteiger charge is 2.53. The molecule has 3 aliphatic rings. The molecular weight excluding hydrogens is 340 g/mol. The van der Waals surface area contributed by atoms with Gasteiger partial charge in [0.1, 0.15) is 11.6 Å². The second-order valence-electron chi connectivity index (χ2n) is 7.98. The third-order valence-electron chi connectivity index (χ3n) is 6.08. The Kier molecular flexibility index (Phi) is 4.68. The first kappa shape index (κ1) is 18.0. The first-order valence-electron chi connectivity index (χ1n) is 9.74. The maximum absolute atomic E-state index is 12.4. The Morgan fingerprint density at radius 3 is 2.44 bits per heavy atom. The van der Waals surface area contributed by atoms with Crippen LogP contribution >= 0.6 is 0 Å². The summed E-state index contributed by atoms with van der Waals surface area (Å²) >= 11 is 0. The van der Waals surface area contributed by atoms with Gasteiger partial charge in [0.2, 0.25) is 5.91 Å². The second kappa shape index (κ2) is 7.00. The van der Waals surface area contributed by atoms with Gasteiger partial charge in [0, 0.05) is 17.4 Å². The molecule has 140 valence electrons. The summed E-state index contributed by atoms with van der Waals surface area (Å²) in [7, 11) is 0. The highest BCUT2D eigenvalue weighted by molar-refractivity contribution is 5.83. The van der Waals surface area contributed by atoms with Gasteiger partial charge in [-0.05, 0) is 56.2 Å². The van der Waals surface area contributed by atoms with E-state index in [0.717, 1.165) is 49.7 Å². The van der Waals surface area contributed by atoms with Crippen LogP contribution in [0, 0.1) is 29.1 Å². The fourth-order valence-electron chi connectivity index (χ4n) is 4.31. The van der Waals surface area contributed by atoms with Crippen LogP contribution in [-0.2, 0) is 4.79 Å². The van der Waals surface area contributed by atoms with Crippen LogP contribution in [0.25, 0.3) is 0 Å². The molecule has 5 nitrogen and oxygen atoms in total. The number of likely N-dealkylation sites (tertiary alicyclic amines) is 1. The van der Waals surface area contributed by atoms with Gasteiger partial charge >= 0.3 is 0 Å². The van der Waals surface area contributed by atoms with Crippen LogP contribution in [0.4, 0.5) is 0 Å². The monoisotopic (exact) mass is 364 g/mol. The number of hydrogen-bond donors (Lipinski definition) is 2. The Bertz CT molecular complexity index is 820. The van der Waals surface area contributed by atoms with Crippen molar-refractivity contribution >= 4 is 5.91 Å². The van der Waals surface area contributed by atoms with Gasteiger partial charge in [0.05, 0.1) is 18.7 Å². The largest absolute Gasteiger partial charge is 0.394 e. The van der Waals surface area contributed by atoms with Crippen LogP contribution < -0.4 is 0 Å². The van der Waals surface area contributed by atoms with Crippen molar-refractivity contribution in [3.05, 3.63) is 35.4 Å². The molecule has 2 aliphatic carbocycles. The highest BCUT2D eigenvalue weighted by Crippen LogP contribution is 2.44. The summed E-state index contributed by atoms with van der Waals surface area (Å²) in [6.07, 6.45) is 5.26. The number of aliphatic hydroxyl groups is 2. The average Bonchev–Trinajstić information content (AvgIpc) is 3.43. The smallest absolute Gasteiger partial charge is 0.227 e. The van der Waals surface area contributed by atoms with E-state index in [2.05, 4.69) is 17.9 Å². The van der Waals surface area contributed by atoms with E-state index in [0.29, 0.717) is 0 Å². The fourth-order valence-corrected chi connectivity index (χ4v) is 4.31. The van der Waals surface area contributed by atoms with E-state index >= 15 is 0 Å². The minimum absolute atomic E-state index is 0.00384. The van der Waals surface area contributed by atoms with E-state index in [1.807, 2.05) is 24.3 Å². The fraction of sp³-hybridized carbons (Fsp3) is 0.545. The van der Waals surface area contributed by atoms with E-state index in [1.54, 1.807) is 4.90 Å². The molecule has 1 heterocycles. The molecule has 3 fully saturated rings. The zero-order valence-corrected chi connectivity index (χ0v) is 15.3. The zero-order valence-electron chi connectivity index (χ0n) is 15.3. The molecule has 5 heteroatoms. The Balaban J connectivity index is 1.50. The molecule has 1 amide bonds. The predicted octanol–water partition coefficient (Wildman–Crippen LogP) is 1.93. The Hall–Kier alpha value is -2.34. The highest BCUT2D eigenvalue weighted by atomic mass is 16.3. The number of aliphatic hydroxyl groups excluding tert-OH is 1. The van der Waals surface area contributed by atoms with Gasteiger partial charge in [-0.1, -0.05) is 24.0 Å². The molecule has 1 aromatic carbocycles. The molecular formula is C22H24N2O3. The third kappa shape index (κ3) is 3.34. The van der Waals surface area contributed by atoms with E-state index < -0.39 is 11.6 Å². The van der Waals surface area contributed by atoms with Crippen LogP contribution in [0.2, 0.25) is 0 Å². The normalized spacial score (nSPS) is 28.6. The van der Waals surface area contributed by atoms with Crippen LogP contribution in [0.5, 0.6) is 0 Å². The van der Waals surface area contributed by atoms with E-state index in [-0.39, 0.29) is 30.4 Å². The molecule has 0 unspecified atom stereocenters. The lowest BCUT2D eigenvalue weighted by Crippen LogP contribution is -2.65. The van der Waals surface area contributed by atoms with E-state index in [1.165, 1.54) is 0 Å². The third-order valence-corrected chi connectivity index (χ3v) is 6.08. The molecule has 2 N–H and O–H groups in total. The molecule has 1 aromatic rings. The molecule has 0 aromatic heterocycles. The van der Waals surface area contributed by atoms with Crippen molar-refractivity contribution in [3.8, 4) is 17.9 Å². The summed E-state index contributed by atoms with van der Waals surface area (Å²) in [5.41, 5.74) is 0.897. The summed E-state index contributed by atoms with van der Waals surface area (Å²) < 4.78 is 0. The van der Waals surface area contributed by atoms with Gasteiger partial charge in [-0.15, -0.1) is 0 Å². The number of rotatable bonds is 3. The molecule has 2 saturated carbocycles. The molecule has 4 rings (SSSR count). The Morgan fingerprint density at radius 2 is 1.89 bits per heavy atom. The van der Waals surface area contributed by atoms with Gasteiger partial charge in [-0.2, -0.15) is 5.26 Å². The molecule has 0 radical (unpaired) electrons. The number of benzene rings is 1. The van der Waals surface area contributed by atoms with Crippen LogP contribution in [-0.4, -0.2) is 45.3 Å². The standard InChI is InChI=1S/C22H24N2O3/c23-13-18-20(19(14-25)24(18)21(26)17-7-8-17)16-5-3-15(4-6-16)9-12-22(27)10-1-2-11-22/h3-6,17-20,25,27H,1-2,7-8,10-11,14H2/t18-,19-,20-/m0/s1. The second-order valence-corrected chi connectivity index (χ2v) is 7.98. The summed E-state index contributed by atoms with van der Waals surface area (Å²) in [6, 6.07) is 8.99. The van der Waals surface area contributed by atoms with Gasteiger partial charge in [0.15, 0.2) is 0 Å². The number of nitrogens with zero attached hydrogens (tertiary/aromatic N) is 2. The average molecular weight is 364 g/mol. The summed E-state index contributed by atoms with van der Waals surface area (Å²) in [4.78, 5) is 14.0. The van der Waals surface area contributed by atoms with Crippen LogP contribution in [0.1, 0.15) is 55.6 Å². The Morgan fingerprint density at radius 1 is 1.22 bits per heavy atom.